The van der Waals surface area contributed by atoms with Gasteiger partial charge in [-0.3, -0.25) is 4.90 Å². The van der Waals surface area contributed by atoms with Crippen LogP contribution in [0.3, 0.4) is 0 Å². The second-order valence-corrected chi connectivity index (χ2v) is 9.27. The molecule has 36 heavy (non-hydrogen) atoms. The number of nitrogens with one attached hydrogen (secondary N) is 1. The quantitative estimate of drug-likeness (QED) is 0.465. The summed E-state index contributed by atoms with van der Waals surface area (Å²) in [6, 6.07) is 5.56. The van der Waals surface area contributed by atoms with E-state index in [1.54, 1.807) is 33.1 Å². The second kappa shape index (κ2) is 9.96. The molecule has 8 nitrogen and oxygen atoms in total. The SMILES string of the molecule is COc1cc2nc(C)nc(N[C@H](C)c3cc(C(F)(F)F)cc(N)n3)c2cc1OC[C@@H]1CC[C@@H](C)N1C. The van der Waals surface area contributed by atoms with Crippen molar-refractivity contribution in [2.24, 2.45) is 0 Å². The molecule has 1 saturated heterocycles. The maximum absolute atomic E-state index is 13.3. The Morgan fingerprint density at radius 2 is 1.89 bits per heavy atom. The maximum atomic E-state index is 13.3. The fourth-order valence-electron chi connectivity index (χ4n) is 4.46. The third kappa shape index (κ3) is 5.40. The van der Waals surface area contributed by atoms with Crippen molar-refractivity contribution in [3.8, 4) is 11.5 Å². The van der Waals surface area contributed by atoms with Gasteiger partial charge < -0.3 is 20.5 Å². The number of fused-ring (bicyclic) bond motifs is 1. The van der Waals surface area contributed by atoms with Crippen molar-refractivity contribution in [2.75, 3.05) is 31.8 Å². The maximum Gasteiger partial charge on any atom is 0.416 e. The van der Waals surface area contributed by atoms with E-state index >= 15 is 0 Å². The number of halogens is 3. The van der Waals surface area contributed by atoms with Crippen LogP contribution in [0.5, 0.6) is 11.5 Å². The molecule has 2 aromatic heterocycles. The zero-order chi connectivity index (χ0) is 26.2. The van der Waals surface area contributed by atoms with Crippen molar-refractivity contribution in [3.63, 3.8) is 0 Å². The number of hydrogen-bond acceptors (Lipinski definition) is 8. The summed E-state index contributed by atoms with van der Waals surface area (Å²) in [7, 11) is 3.66. The Kier molecular flexibility index (Phi) is 7.12. The number of likely N-dealkylation sites (tertiary alicyclic amines) is 1. The molecular formula is C25H31F3N6O2. The van der Waals surface area contributed by atoms with Crippen molar-refractivity contribution >= 4 is 22.5 Å². The number of nitrogen functional groups attached to an aromatic ring is 1. The number of likely N-dealkylation sites (N-methyl/N-ethyl adjacent to an activating group) is 1. The lowest BCUT2D eigenvalue weighted by Gasteiger charge is -2.24. The van der Waals surface area contributed by atoms with Gasteiger partial charge in [-0.05, 0) is 58.9 Å². The highest BCUT2D eigenvalue weighted by atomic mass is 19.4. The number of hydrogen-bond donors (Lipinski definition) is 2. The van der Waals surface area contributed by atoms with E-state index in [0.29, 0.717) is 52.7 Å². The number of pyridine rings is 1. The average molecular weight is 505 g/mol. The van der Waals surface area contributed by atoms with E-state index in [2.05, 4.69) is 39.1 Å². The van der Waals surface area contributed by atoms with Crippen LogP contribution in [0.25, 0.3) is 10.9 Å². The van der Waals surface area contributed by atoms with Gasteiger partial charge in [0.05, 0.1) is 29.9 Å². The van der Waals surface area contributed by atoms with Crippen LogP contribution in [-0.2, 0) is 6.18 Å². The highest BCUT2D eigenvalue weighted by Crippen LogP contribution is 2.37. The van der Waals surface area contributed by atoms with Gasteiger partial charge in [-0.25, -0.2) is 15.0 Å². The first kappa shape index (κ1) is 25.7. The summed E-state index contributed by atoms with van der Waals surface area (Å²) in [5.74, 6) is 1.82. The highest BCUT2D eigenvalue weighted by molar-refractivity contribution is 5.92. The van der Waals surface area contributed by atoms with E-state index in [1.807, 2.05) is 0 Å². The molecule has 0 bridgehead atoms. The monoisotopic (exact) mass is 504 g/mol. The molecule has 194 valence electrons. The largest absolute Gasteiger partial charge is 0.493 e. The fourth-order valence-corrected chi connectivity index (χ4v) is 4.46. The van der Waals surface area contributed by atoms with E-state index in [1.165, 1.54) is 0 Å². The number of alkyl halides is 3. The summed E-state index contributed by atoms with van der Waals surface area (Å²) in [5, 5.41) is 3.83. The lowest BCUT2D eigenvalue weighted by atomic mass is 10.1. The number of aryl methyl sites for hydroxylation is 1. The Morgan fingerprint density at radius 1 is 1.14 bits per heavy atom. The van der Waals surface area contributed by atoms with Crippen LogP contribution in [0.2, 0.25) is 0 Å². The van der Waals surface area contributed by atoms with Crippen molar-refractivity contribution in [1.29, 1.82) is 0 Å². The number of aromatic nitrogens is 3. The third-order valence-corrected chi connectivity index (χ3v) is 6.70. The summed E-state index contributed by atoms with van der Waals surface area (Å²) in [6.45, 7) is 6.14. The van der Waals surface area contributed by atoms with Crippen LogP contribution >= 0.6 is 0 Å². The Balaban J connectivity index is 1.66. The Morgan fingerprint density at radius 3 is 2.53 bits per heavy atom. The topological polar surface area (TPSA) is 98.4 Å². The predicted molar refractivity (Wildman–Crippen MR) is 132 cm³/mol. The molecule has 0 saturated carbocycles. The molecule has 3 atom stereocenters. The van der Waals surface area contributed by atoms with Gasteiger partial charge in [0.25, 0.3) is 0 Å². The van der Waals surface area contributed by atoms with Crippen LogP contribution in [0.15, 0.2) is 24.3 Å². The number of ether oxygens (including phenoxy) is 2. The molecule has 3 N–H and O–H groups in total. The summed E-state index contributed by atoms with van der Waals surface area (Å²) in [6.07, 6.45) is -2.36. The number of methoxy groups -OCH3 is 1. The number of rotatable bonds is 7. The lowest BCUT2D eigenvalue weighted by Crippen LogP contribution is -2.34. The van der Waals surface area contributed by atoms with Gasteiger partial charge >= 0.3 is 6.18 Å². The van der Waals surface area contributed by atoms with Crippen molar-refractivity contribution in [2.45, 2.75) is 57.9 Å². The number of nitrogens with zero attached hydrogens (tertiary/aromatic N) is 4. The van der Waals surface area contributed by atoms with Gasteiger partial charge in [-0.2, -0.15) is 13.2 Å². The van der Waals surface area contributed by atoms with Crippen molar-refractivity contribution < 1.29 is 22.6 Å². The first-order valence-electron chi connectivity index (χ1n) is 11.8. The van der Waals surface area contributed by atoms with Gasteiger partial charge in [-0.15, -0.1) is 0 Å². The van der Waals surface area contributed by atoms with Gasteiger partial charge in [0.1, 0.15) is 24.1 Å². The third-order valence-electron chi connectivity index (χ3n) is 6.70. The fraction of sp³-hybridized carbons (Fsp3) is 0.480. The first-order chi connectivity index (χ1) is 17.0. The average Bonchev–Trinajstić information content (AvgIpc) is 3.13. The molecule has 0 spiro atoms. The molecule has 0 unspecified atom stereocenters. The predicted octanol–water partition coefficient (Wildman–Crippen LogP) is 4.98. The Hall–Kier alpha value is -3.34. The van der Waals surface area contributed by atoms with Crippen LogP contribution in [-0.4, -0.2) is 52.7 Å². The molecule has 1 aliphatic heterocycles. The zero-order valence-electron chi connectivity index (χ0n) is 21.0. The molecule has 3 heterocycles. The number of benzene rings is 1. The standard InChI is InChI=1S/C25H31F3N6O2/c1-13-6-7-17(34(13)4)12-36-22-10-18-20(11-21(22)35-5)31-15(3)32-24(18)30-14(2)19-8-16(25(26,27)28)9-23(29)33-19/h8-11,13-14,17H,6-7,12H2,1-5H3,(H2,29,33)(H,30,31,32)/t13-,14-,17+/m1/s1. The molecule has 3 aromatic rings. The van der Waals surface area contributed by atoms with Crippen molar-refractivity contribution in [3.05, 3.63) is 41.3 Å². The Labute approximate surface area is 208 Å². The summed E-state index contributed by atoms with van der Waals surface area (Å²) in [4.78, 5) is 15.4. The minimum Gasteiger partial charge on any atom is -0.493 e. The van der Waals surface area contributed by atoms with Gasteiger partial charge in [0.2, 0.25) is 0 Å². The van der Waals surface area contributed by atoms with E-state index in [4.69, 9.17) is 15.2 Å². The van der Waals surface area contributed by atoms with Crippen LogP contribution in [0, 0.1) is 6.92 Å². The second-order valence-electron chi connectivity index (χ2n) is 9.27. The van der Waals surface area contributed by atoms with Crippen LogP contribution < -0.4 is 20.5 Å². The molecule has 0 amide bonds. The van der Waals surface area contributed by atoms with E-state index in [9.17, 15) is 13.2 Å². The molecule has 1 aliphatic rings. The number of nitrogens with two attached hydrogens (primary N) is 1. The van der Waals surface area contributed by atoms with E-state index < -0.39 is 17.8 Å². The van der Waals surface area contributed by atoms with Crippen molar-refractivity contribution in [1.82, 2.24) is 19.9 Å². The van der Waals surface area contributed by atoms with E-state index in [-0.39, 0.29) is 11.5 Å². The molecule has 1 fully saturated rings. The minimum absolute atomic E-state index is 0.148. The molecule has 0 radical (unpaired) electrons. The van der Waals surface area contributed by atoms with Gasteiger partial charge in [0, 0.05) is 23.5 Å². The minimum atomic E-state index is -4.53. The first-order valence-corrected chi connectivity index (χ1v) is 11.8. The van der Waals surface area contributed by atoms with Crippen LogP contribution in [0.4, 0.5) is 24.8 Å². The molecule has 1 aromatic carbocycles. The lowest BCUT2D eigenvalue weighted by molar-refractivity contribution is -0.137. The molecule has 4 rings (SSSR count). The van der Waals surface area contributed by atoms with E-state index in [0.717, 1.165) is 25.0 Å². The van der Waals surface area contributed by atoms with Gasteiger partial charge in [-0.1, -0.05) is 0 Å². The Bertz CT molecular complexity index is 1250. The highest BCUT2D eigenvalue weighted by Gasteiger charge is 2.32. The summed E-state index contributed by atoms with van der Waals surface area (Å²) in [5.41, 5.74) is 5.57. The smallest absolute Gasteiger partial charge is 0.416 e. The zero-order valence-corrected chi connectivity index (χ0v) is 21.0. The molecule has 0 aliphatic carbocycles. The number of anilines is 2. The summed E-state index contributed by atoms with van der Waals surface area (Å²) >= 11 is 0. The van der Waals surface area contributed by atoms with Gasteiger partial charge in [0.15, 0.2) is 11.5 Å². The molecular weight excluding hydrogens is 473 g/mol. The normalized spacial score (nSPS) is 19.4. The molecule has 11 heteroatoms. The van der Waals surface area contributed by atoms with Crippen LogP contribution in [0.1, 0.15) is 49.8 Å². The summed E-state index contributed by atoms with van der Waals surface area (Å²) < 4.78 is 51.6.